The summed E-state index contributed by atoms with van der Waals surface area (Å²) in [6.45, 7) is 0. The minimum absolute atomic E-state index is 0.140. The van der Waals surface area contributed by atoms with Crippen molar-refractivity contribution in [3.05, 3.63) is 75.7 Å². The Balaban J connectivity index is 2.12. The number of hydrogen-bond donors (Lipinski definition) is 1. The fourth-order valence-electron chi connectivity index (χ4n) is 2.51. The van der Waals surface area contributed by atoms with E-state index in [4.69, 9.17) is 5.11 Å². The number of carboxylic acid groups (broad SMARTS) is 1. The van der Waals surface area contributed by atoms with E-state index in [0.717, 1.165) is 16.6 Å². The highest BCUT2D eigenvalue weighted by molar-refractivity contribution is 5.88. The SMILES string of the molecule is Cn1nc(Cc2cccc(C(=O)O)c2)c2ccccc2c1=O. The van der Waals surface area contributed by atoms with Gasteiger partial charge >= 0.3 is 5.97 Å². The predicted octanol–water partition coefficient (Wildman–Crippen LogP) is 2.22. The number of aromatic nitrogens is 2. The van der Waals surface area contributed by atoms with E-state index >= 15 is 0 Å². The molecule has 5 heteroatoms. The number of carboxylic acids is 1. The largest absolute Gasteiger partial charge is 0.478 e. The van der Waals surface area contributed by atoms with Crippen molar-refractivity contribution >= 4 is 16.7 Å². The smallest absolute Gasteiger partial charge is 0.335 e. The number of benzene rings is 2. The molecule has 0 radical (unpaired) electrons. The Hall–Kier alpha value is -2.95. The van der Waals surface area contributed by atoms with Gasteiger partial charge in [0.1, 0.15) is 0 Å². The molecule has 2 aromatic carbocycles. The number of aryl methyl sites for hydroxylation is 1. The van der Waals surface area contributed by atoms with Crippen LogP contribution in [0.5, 0.6) is 0 Å². The first-order valence-corrected chi connectivity index (χ1v) is 6.83. The van der Waals surface area contributed by atoms with Gasteiger partial charge in [-0.05, 0) is 23.8 Å². The molecule has 0 spiro atoms. The van der Waals surface area contributed by atoms with Crippen molar-refractivity contribution in [1.29, 1.82) is 0 Å². The van der Waals surface area contributed by atoms with Crippen LogP contribution in [-0.4, -0.2) is 20.9 Å². The lowest BCUT2D eigenvalue weighted by molar-refractivity contribution is 0.0697. The number of nitrogens with zero attached hydrogens (tertiary/aromatic N) is 2. The number of fused-ring (bicyclic) bond motifs is 1. The second-order valence-corrected chi connectivity index (χ2v) is 5.10. The maximum absolute atomic E-state index is 12.1. The van der Waals surface area contributed by atoms with E-state index in [1.165, 1.54) is 4.68 Å². The van der Waals surface area contributed by atoms with Gasteiger partial charge in [-0.2, -0.15) is 5.10 Å². The summed E-state index contributed by atoms with van der Waals surface area (Å²) in [4.78, 5) is 23.2. The minimum atomic E-state index is -0.958. The Morgan fingerprint density at radius 1 is 1.14 bits per heavy atom. The van der Waals surface area contributed by atoms with Crippen LogP contribution in [0, 0.1) is 0 Å². The third-order valence-corrected chi connectivity index (χ3v) is 3.58. The van der Waals surface area contributed by atoms with Gasteiger partial charge in [0, 0.05) is 18.9 Å². The molecule has 0 aliphatic heterocycles. The van der Waals surface area contributed by atoms with Crippen LogP contribution in [0.25, 0.3) is 10.8 Å². The molecule has 22 heavy (non-hydrogen) atoms. The molecule has 0 aliphatic rings. The summed E-state index contributed by atoms with van der Waals surface area (Å²) in [6.07, 6.45) is 0.468. The Morgan fingerprint density at radius 2 is 1.86 bits per heavy atom. The molecular weight excluding hydrogens is 280 g/mol. The molecule has 0 aliphatic carbocycles. The van der Waals surface area contributed by atoms with Crippen LogP contribution in [0.4, 0.5) is 0 Å². The highest BCUT2D eigenvalue weighted by atomic mass is 16.4. The summed E-state index contributed by atoms with van der Waals surface area (Å²) < 4.78 is 1.32. The first-order valence-electron chi connectivity index (χ1n) is 6.83. The highest BCUT2D eigenvalue weighted by Crippen LogP contribution is 2.17. The van der Waals surface area contributed by atoms with Gasteiger partial charge in [0.15, 0.2) is 0 Å². The summed E-state index contributed by atoms with van der Waals surface area (Å²) in [7, 11) is 1.62. The zero-order valence-corrected chi connectivity index (χ0v) is 12.0. The quantitative estimate of drug-likeness (QED) is 0.804. The standard InChI is InChI=1S/C17H14N2O3/c1-19-16(20)14-8-3-2-7-13(14)15(18-19)10-11-5-4-6-12(9-11)17(21)22/h2-9H,10H2,1H3,(H,21,22). The van der Waals surface area contributed by atoms with E-state index in [9.17, 15) is 9.59 Å². The molecule has 0 amide bonds. The van der Waals surface area contributed by atoms with Crippen LogP contribution in [0.2, 0.25) is 0 Å². The predicted molar refractivity (Wildman–Crippen MR) is 83.2 cm³/mol. The maximum Gasteiger partial charge on any atom is 0.335 e. The van der Waals surface area contributed by atoms with Gasteiger partial charge in [-0.1, -0.05) is 30.3 Å². The number of hydrogen-bond acceptors (Lipinski definition) is 3. The van der Waals surface area contributed by atoms with E-state index < -0.39 is 5.97 Å². The second-order valence-electron chi connectivity index (χ2n) is 5.10. The van der Waals surface area contributed by atoms with Crippen molar-refractivity contribution in [3.63, 3.8) is 0 Å². The lowest BCUT2D eigenvalue weighted by atomic mass is 10.0. The third-order valence-electron chi connectivity index (χ3n) is 3.58. The first-order chi connectivity index (χ1) is 10.6. The minimum Gasteiger partial charge on any atom is -0.478 e. The van der Waals surface area contributed by atoms with Gasteiger partial charge in [0.2, 0.25) is 0 Å². The lowest BCUT2D eigenvalue weighted by Gasteiger charge is -2.08. The zero-order chi connectivity index (χ0) is 15.7. The van der Waals surface area contributed by atoms with Crippen molar-refractivity contribution in [3.8, 4) is 0 Å². The zero-order valence-electron chi connectivity index (χ0n) is 12.0. The molecule has 0 bridgehead atoms. The van der Waals surface area contributed by atoms with E-state index in [1.54, 1.807) is 31.3 Å². The van der Waals surface area contributed by atoms with E-state index in [0.29, 0.717) is 11.8 Å². The maximum atomic E-state index is 12.1. The van der Waals surface area contributed by atoms with Crippen LogP contribution < -0.4 is 5.56 Å². The summed E-state index contributed by atoms with van der Waals surface area (Å²) >= 11 is 0. The third kappa shape index (κ3) is 2.48. The summed E-state index contributed by atoms with van der Waals surface area (Å²) in [6, 6.07) is 14.1. The monoisotopic (exact) mass is 294 g/mol. The molecule has 3 rings (SSSR count). The fraction of sp³-hybridized carbons (Fsp3) is 0.118. The average Bonchev–Trinajstić information content (AvgIpc) is 2.52. The van der Waals surface area contributed by atoms with Gasteiger partial charge in [0.05, 0.1) is 16.6 Å². The molecule has 0 fully saturated rings. The average molecular weight is 294 g/mol. The molecule has 1 heterocycles. The molecule has 1 aromatic heterocycles. The van der Waals surface area contributed by atoms with Crippen LogP contribution >= 0.6 is 0 Å². The first kappa shape index (κ1) is 14.0. The molecule has 110 valence electrons. The Kier molecular flexibility index (Phi) is 3.47. The molecular formula is C17H14N2O3. The number of aromatic carboxylic acids is 1. The Morgan fingerprint density at radius 3 is 2.59 bits per heavy atom. The van der Waals surface area contributed by atoms with Gasteiger partial charge < -0.3 is 5.11 Å². The normalized spacial score (nSPS) is 10.8. The second kappa shape index (κ2) is 5.44. The van der Waals surface area contributed by atoms with Crippen LogP contribution in [-0.2, 0) is 13.5 Å². The molecule has 1 N–H and O–H groups in total. The van der Waals surface area contributed by atoms with Crippen LogP contribution in [0.1, 0.15) is 21.6 Å². The molecule has 0 saturated heterocycles. The summed E-state index contributed by atoms with van der Waals surface area (Å²) in [5.74, 6) is -0.958. The summed E-state index contributed by atoms with van der Waals surface area (Å²) in [5.41, 5.74) is 1.70. The van der Waals surface area contributed by atoms with Crippen LogP contribution in [0.15, 0.2) is 53.3 Å². The van der Waals surface area contributed by atoms with E-state index in [2.05, 4.69) is 5.10 Å². The molecule has 0 atom stereocenters. The highest BCUT2D eigenvalue weighted by Gasteiger charge is 2.10. The van der Waals surface area contributed by atoms with Crippen molar-refractivity contribution in [2.24, 2.45) is 7.05 Å². The molecule has 0 saturated carbocycles. The van der Waals surface area contributed by atoms with Gasteiger partial charge in [-0.3, -0.25) is 4.79 Å². The van der Waals surface area contributed by atoms with Gasteiger partial charge in [-0.15, -0.1) is 0 Å². The van der Waals surface area contributed by atoms with Crippen molar-refractivity contribution in [2.75, 3.05) is 0 Å². The lowest BCUT2D eigenvalue weighted by Crippen LogP contribution is -2.21. The van der Waals surface area contributed by atoms with E-state index in [-0.39, 0.29) is 11.1 Å². The van der Waals surface area contributed by atoms with Crippen LogP contribution in [0.3, 0.4) is 0 Å². The number of rotatable bonds is 3. The molecule has 3 aromatic rings. The topological polar surface area (TPSA) is 72.2 Å². The van der Waals surface area contributed by atoms with Crippen molar-refractivity contribution < 1.29 is 9.90 Å². The Bertz CT molecular complexity index is 929. The Labute approximate surface area is 126 Å². The fourth-order valence-corrected chi connectivity index (χ4v) is 2.51. The molecule has 5 nitrogen and oxygen atoms in total. The van der Waals surface area contributed by atoms with Gasteiger partial charge in [-0.25, -0.2) is 9.48 Å². The van der Waals surface area contributed by atoms with Crippen molar-refractivity contribution in [1.82, 2.24) is 9.78 Å². The van der Waals surface area contributed by atoms with Crippen molar-refractivity contribution in [2.45, 2.75) is 6.42 Å². The molecule has 0 unspecified atom stereocenters. The van der Waals surface area contributed by atoms with Gasteiger partial charge in [0.25, 0.3) is 5.56 Å². The van der Waals surface area contributed by atoms with E-state index in [1.807, 2.05) is 24.3 Å². The number of carbonyl (C=O) groups is 1. The summed E-state index contributed by atoms with van der Waals surface area (Å²) in [5, 5.41) is 14.8.